The maximum Gasteiger partial charge on any atom is 0.244 e. The Morgan fingerprint density at radius 2 is 1.68 bits per heavy atom. The van der Waals surface area contributed by atoms with Gasteiger partial charge in [-0.2, -0.15) is 0 Å². The fourth-order valence-corrected chi connectivity index (χ4v) is 4.40. The average molecular weight is 344 g/mol. The second kappa shape index (κ2) is 7.44. The van der Waals surface area contributed by atoms with Crippen molar-refractivity contribution in [2.75, 3.05) is 39.4 Å². The first-order valence-corrected chi connectivity index (χ1v) is 9.63. The molecule has 3 fully saturated rings. The number of likely N-dealkylation sites (tertiary alicyclic amines) is 2. The number of piperidine rings is 2. The summed E-state index contributed by atoms with van der Waals surface area (Å²) in [6.07, 6.45) is 5.38. The van der Waals surface area contributed by atoms with Crippen LogP contribution in [0.15, 0.2) is 30.3 Å². The highest BCUT2D eigenvalue weighted by Gasteiger charge is 2.44. The van der Waals surface area contributed by atoms with Gasteiger partial charge in [-0.05, 0) is 37.8 Å². The minimum atomic E-state index is -0.506. The summed E-state index contributed by atoms with van der Waals surface area (Å²) in [4.78, 5) is 17.7. The Morgan fingerprint density at radius 1 is 0.960 bits per heavy atom. The van der Waals surface area contributed by atoms with Crippen LogP contribution in [0.1, 0.15) is 43.7 Å². The van der Waals surface area contributed by atoms with Crippen molar-refractivity contribution >= 4 is 5.91 Å². The van der Waals surface area contributed by atoms with Gasteiger partial charge in [-0.15, -0.1) is 0 Å². The molecule has 0 saturated carbocycles. The normalized spacial score (nSPS) is 25.2. The molecule has 3 aliphatic rings. The molecule has 136 valence electrons. The van der Waals surface area contributed by atoms with Crippen LogP contribution in [0.4, 0.5) is 0 Å². The number of hydrogen-bond donors (Lipinski definition) is 0. The molecule has 1 amide bonds. The highest BCUT2D eigenvalue weighted by Crippen LogP contribution is 2.35. The highest BCUT2D eigenvalue weighted by atomic mass is 16.7. The molecular formula is C20H28N2O3. The van der Waals surface area contributed by atoms with Gasteiger partial charge in [0.05, 0.1) is 19.8 Å². The Balaban J connectivity index is 1.59. The first-order valence-electron chi connectivity index (χ1n) is 9.63. The van der Waals surface area contributed by atoms with E-state index in [9.17, 15) is 4.79 Å². The van der Waals surface area contributed by atoms with Gasteiger partial charge in [0.15, 0.2) is 5.79 Å². The van der Waals surface area contributed by atoms with Crippen LogP contribution in [0.25, 0.3) is 0 Å². The Hall–Kier alpha value is -1.43. The maximum atomic E-state index is 13.4. The second-order valence-corrected chi connectivity index (χ2v) is 7.38. The molecule has 0 radical (unpaired) electrons. The fraction of sp³-hybridized carbons (Fsp3) is 0.650. The standard InChI is InChI=1S/C20H28N2O3/c23-19(21-11-5-2-6-12-21)18(17-8-3-1-4-9-17)22-13-7-10-20(16-22)24-14-15-25-20/h1,3-4,8-9,18H,2,5-7,10-16H2/t18-/m1/s1. The molecular weight excluding hydrogens is 316 g/mol. The van der Waals surface area contributed by atoms with Crippen LogP contribution in [-0.4, -0.2) is 60.9 Å². The van der Waals surface area contributed by atoms with Crippen LogP contribution < -0.4 is 0 Å². The van der Waals surface area contributed by atoms with Gasteiger partial charge in [-0.1, -0.05) is 30.3 Å². The monoisotopic (exact) mass is 344 g/mol. The van der Waals surface area contributed by atoms with Crippen LogP contribution in [0.2, 0.25) is 0 Å². The van der Waals surface area contributed by atoms with E-state index in [0.717, 1.165) is 50.9 Å². The van der Waals surface area contributed by atoms with Crippen LogP contribution in [0.3, 0.4) is 0 Å². The minimum absolute atomic E-state index is 0.232. The van der Waals surface area contributed by atoms with Gasteiger partial charge in [0.1, 0.15) is 6.04 Å². The molecule has 1 spiro atoms. The van der Waals surface area contributed by atoms with Gasteiger partial charge in [0.25, 0.3) is 0 Å². The lowest BCUT2D eigenvalue weighted by atomic mass is 9.97. The lowest BCUT2D eigenvalue weighted by molar-refractivity contribution is -0.196. The summed E-state index contributed by atoms with van der Waals surface area (Å²) in [5.41, 5.74) is 1.08. The Labute approximate surface area is 149 Å². The Kier molecular flexibility index (Phi) is 5.06. The first kappa shape index (κ1) is 17.0. The second-order valence-electron chi connectivity index (χ2n) is 7.38. The van der Waals surface area contributed by atoms with Crippen LogP contribution in [0, 0.1) is 0 Å². The zero-order chi connectivity index (χ0) is 17.1. The van der Waals surface area contributed by atoms with Crippen LogP contribution >= 0.6 is 0 Å². The third-order valence-corrected chi connectivity index (χ3v) is 5.64. The minimum Gasteiger partial charge on any atom is -0.346 e. The van der Waals surface area contributed by atoms with E-state index < -0.39 is 5.79 Å². The smallest absolute Gasteiger partial charge is 0.244 e. The van der Waals surface area contributed by atoms with E-state index in [0.29, 0.717) is 19.8 Å². The van der Waals surface area contributed by atoms with Gasteiger partial charge < -0.3 is 14.4 Å². The number of amides is 1. The summed E-state index contributed by atoms with van der Waals surface area (Å²) in [5.74, 6) is -0.270. The summed E-state index contributed by atoms with van der Waals surface area (Å²) in [6, 6.07) is 9.97. The fourth-order valence-electron chi connectivity index (χ4n) is 4.40. The molecule has 25 heavy (non-hydrogen) atoms. The summed E-state index contributed by atoms with van der Waals surface area (Å²) in [5, 5.41) is 0. The van der Waals surface area contributed by atoms with E-state index in [1.807, 2.05) is 18.2 Å². The summed E-state index contributed by atoms with van der Waals surface area (Å²) < 4.78 is 11.9. The van der Waals surface area contributed by atoms with Crippen molar-refractivity contribution in [2.45, 2.75) is 43.9 Å². The average Bonchev–Trinajstić information content (AvgIpc) is 3.11. The van der Waals surface area contributed by atoms with Crippen molar-refractivity contribution in [1.29, 1.82) is 0 Å². The number of carbonyl (C=O) groups excluding carboxylic acids is 1. The molecule has 3 saturated heterocycles. The van der Waals surface area contributed by atoms with Gasteiger partial charge >= 0.3 is 0 Å². The molecule has 3 aliphatic heterocycles. The topological polar surface area (TPSA) is 42.0 Å². The molecule has 0 N–H and O–H groups in total. The Morgan fingerprint density at radius 3 is 2.40 bits per heavy atom. The number of hydrogen-bond acceptors (Lipinski definition) is 4. The van der Waals surface area contributed by atoms with Crippen LogP contribution in [-0.2, 0) is 14.3 Å². The first-order chi connectivity index (χ1) is 12.3. The van der Waals surface area contributed by atoms with E-state index in [1.54, 1.807) is 0 Å². The molecule has 5 heteroatoms. The number of rotatable bonds is 3. The quantitative estimate of drug-likeness (QED) is 0.845. The molecule has 4 rings (SSSR count). The van der Waals surface area contributed by atoms with E-state index in [2.05, 4.69) is 21.9 Å². The third-order valence-electron chi connectivity index (χ3n) is 5.64. The molecule has 1 aromatic rings. The van der Waals surface area contributed by atoms with Gasteiger partial charge in [0, 0.05) is 19.5 Å². The van der Waals surface area contributed by atoms with Gasteiger partial charge in [-0.3, -0.25) is 9.69 Å². The van der Waals surface area contributed by atoms with Crippen molar-refractivity contribution < 1.29 is 14.3 Å². The van der Waals surface area contributed by atoms with Crippen molar-refractivity contribution in [2.24, 2.45) is 0 Å². The molecule has 3 heterocycles. The van der Waals surface area contributed by atoms with E-state index in [4.69, 9.17) is 9.47 Å². The predicted octanol–water partition coefficient (Wildman–Crippen LogP) is 2.58. The van der Waals surface area contributed by atoms with Crippen LogP contribution in [0.5, 0.6) is 0 Å². The van der Waals surface area contributed by atoms with Crippen molar-refractivity contribution in [1.82, 2.24) is 9.80 Å². The number of ether oxygens (including phenoxy) is 2. The zero-order valence-corrected chi connectivity index (χ0v) is 14.9. The summed E-state index contributed by atoms with van der Waals surface area (Å²) in [6.45, 7) is 4.66. The van der Waals surface area contributed by atoms with Gasteiger partial charge in [-0.25, -0.2) is 0 Å². The molecule has 0 unspecified atom stereocenters. The third kappa shape index (κ3) is 3.59. The molecule has 0 aromatic heterocycles. The molecule has 0 bridgehead atoms. The highest BCUT2D eigenvalue weighted by molar-refractivity contribution is 5.83. The van der Waals surface area contributed by atoms with Gasteiger partial charge in [0.2, 0.25) is 5.91 Å². The zero-order valence-electron chi connectivity index (χ0n) is 14.9. The van der Waals surface area contributed by atoms with E-state index in [1.165, 1.54) is 6.42 Å². The SMILES string of the molecule is O=C([C@@H](c1ccccc1)N1CCCC2(C1)OCCO2)N1CCCCC1. The molecule has 1 aromatic carbocycles. The van der Waals surface area contributed by atoms with Crippen molar-refractivity contribution in [3.63, 3.8) is 0 Å². The maximum absolute atomic E-state index is 13.4. The van der Waals surface area contributed by atoms with Crippen molar-refractivity contribution in [3.8, 4) is 0 Å². The van der Waals surface area contributed by atoms with E-state index >= 15 is 0 Å². The molecule has 5 nitrogen and oxygen atoms in total. The summed E-state index contributed by atoms with van der Waals surface area (Å²) in [7, 11) is 0. The number of carbonyl (C=O) groups is 1. The number of benzene rings is 1. The van der Waals surface area contributed by atoms with Crippen molar-refractivity contribution in [3.05, 3.63) is 35.9 Å². The molecule has 0 aliphatic carbocycles. The number of nitrogens with zero attached hydrogens (tertiary/aromatic N) is 2. The largest absolute Gasteiger partial charge is 0.346 e. The summed E-state index contributed by atoms with van der Waals surface area (Å²) >= 11 is 0. The molecule has 1 atom stereocenters. The van der Waals surface area contributed by atoms with E-state index in [-0.39, 0.29) is 11.9 Å². The lowest BCUT2D eigenvalue weighted by Crippen LogP contribution is -2.53. The predicted molar refractivity (Wildman–Crippen MR) is 95.1 cm³/mol. The Bertz CT molecular complexity index is 580. The lowest BCUT2D eigenvalue weighted by Gasteiger charge is -2.43.